The van der Waals surface area contributed by atoms with Crippen molar-refractivity contribution < 1.29 is 23.8 Å². The van der Waals surface area contributed by atoms with Gasteiger partial charge in [0.25, 0.3) is 11.8 Å². The molecule has 5 rings (SSSR count). The molecule has 2 heterocycles. The first kappa shape index (κ1) is 27.1. The van der Waals surface area contributed by atoms with E-state index < -0.39 is 17.9 Å². The molecule has 0 fully saturated rings. The number of nitrogens with zero attached hydrogens (tertiary/aromatic N) is 5. The predicted octanol–water partition coefficient (Wildman–Crippen LogP) is 4.61. The highest BCUT2D eigenvalue weighted by atomic mass is 16.5. The maximum atomic E-state index is 14.2. The second kappa shape index (κ2) is 11.7. The van der Waals surface area contributed by atoms with Crippen molar-refractivity contribution in [1.82, 2.24) is 25.1 Å². The van der Waals surface area contributed by atoms with E-state index in [0.717, 1.165) is 11.1 Å². The number of hydrogen-bond acceptors (Lipinski definition) is 8. The molecular formula is C30H28N6O5. The smallest absolute Gasteiger partial charge is 0.255 e. The molecule has 0 spiro atoms. The van der Waals surface area contributed by atoms with Gasteiger partial charge in [0, 0.05) is 11.3 Å². The van der Waals surface area contributed by atoms with E-state index in [-0.39, 0.29) is 18.0 Å². The fourth-order valence-corrected chi connectivity index (χ4v) is 4.59. The third kappa shape index (κ3) is 5.78. The van der Waals surface area contributed by atoms with Crippen molar-refractivity contribution in [2.24, 2.45) is 0 Å². The maximum Gasteiger partial charge on any atom is 0.255 e. The Bertz CT molecular complexity index is 1630. The molecule has 11 heteroatoms. The number of benzene rings is 3. The molecule has 1 atom stereocenters. The zero-order chi connectivity index (χ0) is 28.9. The third-order valence-electron chi connectivity index (χ3n) is 6.70. The molecule has 0 saturated heterocycles. The topological polar surface area (TPSA) is 136 Å². The van der Waals surface area contributed by atoms with Crippen molar-refractivity contribution in [2.75, 3.05) is 12.4 Å². The number of para-hydroxylation sites is 1. The molecule has 3 aromatic carbocycles. The van der Waals surface area contributed by atoms with E-state index in [1.54, 1.807) is 48.5 Å². The first-order chi connectivity index (χ1) is 19.9. The minimum atomic E-state index is -1.12. The number of furan rings is 1. The standard InChI is InChI=1S/C30H28N6O5/c1-19-6-4-7-20(2)27(19)32-29(38)28(22-11-14-25(37)26(16-22)40-3)35(17-24-8-5-15-41-24)30(39)21-9-12-23(13-10-21)36-18-31-33-34-36/h4-16,18,28,37H,17H2,1-3H3,(H,32,38)/t28-/m1/s1. The lowest BCUT2D eigenvalue weighted by atomic mass is 10.0. The summed E-state index contributed by atoms with van der Waals surface area (Å²) in [6.07, 6.45) is 2.96. The molecule has 2 aromatic heterocycles. The Hall–Kier alpha value is -5.45. The van der Waals surface area contributed by atoms with Crippen molar-refractivity contribution in [3.63, 3.8) is 0 Å². The summed E-state index contributed by atoms with van der Waals surface area (Å²) >= 11 is 0. The van der Waals surface area contributed by atoms with Gasteiger partial charge in [0.05, 0.1) is 25.6 Å². The van der Waals surface area contributed by atoms with Crippen LogP contribution in [0.15, 0.2) is 89.8 Å². The maximum absolute atomic E-state index is 14.2. The number of aryl methyl sites for hydroxylation is 2. The summed E-state index contributed by atoms with van der Waals surface area (Å²) in [5.74, 6) is -0.297. The number of nitrogens with one attached hydrogen (secondary N) is 1. The quantitative estimate of drug-likeness (QED) is 0.271. The van der Waals surface area contributed by atoms with Crippen molar-refractivity contribution in [3.05, 3.63) is 113 Å². The highest BCUT2D eigenvalue weighted by Crippen LogP contribution is 2.34. The van der Waals surface area contributed by atoms with E-state index in [2.05, 4.69) is 20.8 Å². The Labute approximate surface area is 236 Å². The summed E-state index contributed by atoms with van der Waals surface area (Å²) in [5.41, 5.74) is 3.85. The van der Waals surface area contributed by atoms with E-state index in [0.29, 0.717) is 28.3 Å². The Morgan fingerprint density at radius 2 is 1.80 bits per heavy atom. The number of rotatable bonds is 9. The van der Waals surface area contributed by atoms with Gasteiger partial charge in [0.2, 0.25) is 0 Å². The number of methoxy groups -OCH3 is 1. The van der Waals surface area contributed by atoms with Crippen LogP contribution in [0.1, 0.15) is 38.9 Å². The summed E-state index contributed by atoms with van der Waals surface area (Å²) in [7, 11) is 1.42. The number of carbonyl (C=O) groups excluding carboxylic acids is 2. The second-order valence-corrected chi connectivity index (χ2v) is 9.40. The highest BCUT2D eigenvalue weighted by molar-refractivity contribution is 6.02. The van der Waals surface area contributed by atoms with Crippen LogP contribution in [0.25, 0.3) is 5.69 Å². The average Bonchev–Trinajstić information content (AvgIpc) is 3.70. The van der Waals surface area contributed by atoms with Gasteiger partial charge in [-0.25, -0.2) is 4.68 Å². The molecule has 0 aliphatic heterocycles. The van der Waals surface area contributed by atoms with Crippen LogP contribution < -0.4 is 10.1 Å². The van der Waals surface area contributed by atoms with Gasteiger partial charge in [0.1, 0.15) is 18.1 Å². The largest absolute Gasteiger partial charge is 0.504 e. The zero-order valence-electron chi connectivity index (χ0n) is 22.7. The van der Waals surface area contributed by atoms with Gasteiger partial charge in [-0.15, -0.1) is 5.10 Å². The Balaban J connectivity index is 1.59. The van der Waals surface area contributed by atoms with Crippen LogP contribution >= 0.6 is 0 Å². The van der Waals surface area contributed by atoms with Gasteiger partial charge >= 0.3 is 0 Å². The number of phenols is 1. The van der Waals surface area contributed by atoms with Gasteiger partial charge in [-0.3, -0.25) is 9.59 Å². The molecule has 0 saturated carbocycles. The Morgan fingerprint density at radius 1 is 1.05 bits per heavy atom. The van der Waals surface area contributed by atoms with Crippen LogP contribution in [0.5, 0.6) is 11.5 Å². The van der Waals surface area contributed by atoms with Crippen LogP contribution in [0.2, 0.25) is 0 Å². The van der Waals surface area contributed by atoms with Gasteiger partial charge < -0.3 is 24.5 Å². The Kier molecular flexibility index (Phi) is 7.77. The molecular weight excluding hydrogens is 524 g/mol. The van der Waals surface area contributed by atoms with Crippen molar-refractivity contribution in [3.8, 4) is 17.2 Å². The monoisotopic (exact) mass is 552 g/mol. The number of carbonyl (C=O) groups is 2. The van der Waals surface area contributed by atoms with Crippen LogP contribution in [0.4, 0.5) is 5.69 Å². The summed E-state index contributed by atoms with van der Waals surface area (Å²) in [6.45, 7) is 3.80. The number of tetrazole rings is 1. The highest BCUT2D eigenvalue weighted by Gasteiger charge is 2.34. The molecule has 0 aliphatic carbocycles. The molecule has 5 aromatic rings. The molecule has 0 unspecified atom stereocenters. The molecule has 2 N–H and O–H groups in total. The number of phenolic OH excluding ortho intramolecular Hbond substituents is 1. The van der Waals surface area contributed by atoms with Crippen LogP contribution in [0, 0.1) is 13.8 Å². The lowest BCUT2D eigenvalue weighted by Gasteiger charge is -2.31. The minimum Gasteiger partial charge on any atom is -0.504 e. The van der Waals surface area contributed by atoms with Gasteiger partial charge in [-0.2, -0.15) is 0 Å². The molecule has 11 nitrogen and oxygen atoms in total. The molecule has 208 valence electrons. The van der Waals surface area contributed by atoms with Crippen molar-refractivity contribution in [2.45, 2.75) is 26.4 Å². The summed E-state index contributed by atoms with van der Waals surface area (Å²) in [4.78, 5) is 29.8. The second-order valence-electron chi connectivity index (χ2n) is 9.40. The van der Waals surface area contributed by atoms with Crippen LogP contribution in [0.3, 0.4) is 0 Å². The predicted molar refractivity (Wildman–Crippen MR) is 150 cm³/mol. The molecule has 0 aliphatic rings. The van der Waals surface area contributed by atoms with Crippen molar-refractivity contribution in [1.29, 1.82) is 0 Å². The normalized spacial score (nSPS) is 11.6. The lowest BCUT2D eigenvalue weighted by molar-refractivity contribution is -0.121. The first-order valence-electron chi connectivity index (χ1n) is 12.8. The third-order valence-corrected chi connectivity index (χ3v) is 6.70. The van der Waals surface area contributed by atoms with Gasteiger partial charge in [0.15, 0.2) is 11.5 Å². The van der Waals surface area contributed by atoms with Crippen LogP contribution in [-0.2, 0) is 11.3 Å². The van der Waals surface area contributed by atoms with E-state index in [9.17, 15) is 14.7 Å². The summed E-state index contributed by atoms with van der Waals surface area (Å²) in [6, 6.07) is 19.3. The SMILES string of the molecule is COc1cc([C@H](C(=O)Nc2c(C)cccc2C)N(Cc2ccco2)C(=O)c2ccc(-n3cnnn3)cc2)ccc1O. The molecule has 0 bridgehead atoms. The number of aromatic nitrogens is 4. The number of ether oxygens (including phenoxy) is 1. The molecule has 0 radical (unpaired) electrons. The van der Waals surface area contributed by atoms with E-state index in [4.69, 9.17) is 9.15 Å². The number of hydrogen-bond donors (Lipinski definition) is 2. The summed E-state index contributed by atoms with van der Waals surface area (Å²) < 4.78 is 12.4. The fourth-order valence-electron chi connectivity index (χ4n) is 4.59. The van der Waals surface area contributed by atoms with Gasteiger partial charge in [-0.05, 0) is 89.5 Å². The molecule has 2 amide bonds. The number of aromatic hydroxyl groups is 1. The first-order valence-corrected chi connectivity index (χ1v) is 12.8. The summed E-state index contributed by atoms with van der Waals surface area (Å²) in [5, 5.41) is 24.5. The van der Waals surface area contributed by atoms with Crippen LogP contribution in [-0.4, -0.2) is 49.1 Å². The minimum absolute atomic E-state index is 0.00534. The molecule has 41 heavy (non-hydrogen) atoms. The van der Waals surface area contributed by atoms with E-state index in [1.807, 2.05) is 32.0 Å². The fraction of sp³-hybridized carbons (Fsp3) is 0.167. The lowest BCUT2D eigenvalue weighted by Crippen LogP contribution is -2.41. The number of anilines is 1. The van der Waals surface area contributed by atoms with Crippen molar-refractivity contribution >= 4 is 17.5 Å². The number of amides is 2. The zero-order valence-corrected chi connectivity index (χ0v) is 22.7. The van der Waals surface area contributed by atoms with E-state index >= 15 is 0 Å². The average molecular weight is 553 g/mol. The van der Waals surface area contributed by atoms with Gasteiger partial charge in [-0.1, -0.05) is 24.3 Å². The van der Waals surface area contributed by atoms with E-state index in [1.165, 1.54) is 35.3 Å². The Morgan fingerprint density at radius 3 is 2.44 bits per heavy atom.